The van der Waals surface area contributed by atoms with Crippen molar-refractivity contribution in [3.05, 3.63) is 12.4 Å². The summed E-state index contributed by atoms with van der Waals surface area (Å²) in [4.78, 5) is 11.8. The van der Waals surface area contributed by atoms with E-state index in [9.17, 15) is 4.79 Å². The van der Waals surface area contributed by atoms with Crippen molar-refractivity contribution in [2.45, 2.75) is 84.0 Å². The lowest BCUT2D eigenvalue weighted by Crippen LogP contribution is -2.42. The number of amides is 1. The van der Waals surface area contributed by atoms with Crippen LogP contribution in [0, 0.1) is 0 Å². The third-order valence-electron chi connectivity index (χ3n) is 3.95. The lowest BCUT2D eigenvalue weighted by Gasteiger charge is -2.30. The van der Waals surface area contributed by atoms with Crippen LogP contribution in [0.4, 0.5) is 10.5 Å². The SMILES string of the molecule is CC(C)n1cc(NC2CCC(NC(=O)OC(C)(C)C)CC2)cn1. The summed E-state index contributed by atoms with van der Waals surface area (Å²) < 4.78 is 7.27. The number of ether oxygens (including phenoxy) is 1. The number of hydrogen-bond donors (Lipinski definition) is 2. The number of nitrogens with zero attached hydrogens (tertiary/aromatic N) is 2. The third kappa shape index (κ3) is 5.77. The Morgan fingerprint density at radius 2 is 1.87 bits per heavy atom. The van der Waals surface area contributed by atoms with Gasteiger partial charge in [0.1, 0.15) is 5.60 Å². The molecule has 1 aliphatic carbocycles. The molecule has 23 heavy (non-hydrogen) atoms. The molecule has 1 amide bonds. The molecule has 0 aliphatic heterocycles. The predicted molar refractivity (Wildman–Crippen MR) is 91.6 cm³/mol. The zero-order valence-corrected chi connectivity index (χ0v) is 14.9. The Bertz CT molecular complexity index is 511. The van der Waals surface area contributed by atoms with Gasteiger partial charge in [-0.1, -0.05) is 0 Å². The van der Waals surface area contributed by atoms with E-state index in [1.807, 2.05) is 31.6 Å². The topological polar surface area (TPSA) is 68.2 Å². The van der Waals surface area contributed by atoms with Gasteiger partial charge in [0, 0.05) is 24.3 Å². The molecule has 2 N–H and O–H groups in total. The number of carbonyl (C=O) groups excluding carboxylic acids is 1. The molecule has 6 nitrogen and oxygen atoms in total. The normalized spacial score (nSPS) is 22.0. The molecular formula is C17H30N4O2. The standard InChI is InChI=1S/C17H30N4O2/c1-12(2)21-11-15(10-18-21)19-13-6-8-14(9-7-13)20-16(22)23-17(3,4)5/h10-14,19H,6-9H2,1-5H3,(H,20,22). The van der Waals surface area contributed by atoms with E-state index in [1.165, 1.54) is 0 Å². The van der Waals surface area contributed by atoms with Crippen LogP contribution >= 0.6 is 0 Å². The first-order valence-corrected chi connectivity index (χ1v) is 8.53. The number of carbonyl (C=O) groups is 1. The molecule has 130 valence electrons. The molecular weight excluding hydrogens is 292 g/mol. The first-order chi connectivity index (χ1) is 10.7. The molecule has 2 rings (SSSR count). The maximum atomic E-state index is 11.8. The molecule has 0 saturated heterocycles. The smallest absolute Gasteiger partial charge is 0.407 e. The Morgan fingerprint density at radius 1 is 1.26 bits per heavy atom. The highest BCUT2D eigenvalue weighted by molar-refractivity contribution is 5.68. The van der Waals surface area contributed by atoms with Gasteiger partial charge in [0.05, 0.1) is 11.9 Å². The van der Waals surface area contributed by atoms with E-state index < -0.39 is 5.60 Å². The number of aromatic nitrogens is 2. The summed E-state index contributed by atoms with van der Waals surface area (Å²) in [5, 5.41) is 10.9. The zero-order chi connectivity index (χ0) is 17.0. The fraction of sp³-hybridized carbons (Fsp3) is 0.765. The molecule has 1 heterocycles. The van der Waals surface area contributed by atoms with Crippen LogP contribution in [0.25, 0.3) is 0 Å². The van der Waals surface area contributed by atoms with Gasteiger partial charge in [0.25, 0.3) is 0 Å². The van der Waals surface area contributed by atoms with E-state index in [4.69, 9.17) is 4.74 Å². The minimum Gasteiger partial charge on any atom is -0.444 e. The van der Waals surface area contributed by atoms with Crippen molar-refractivity contribution in [1.82, 2.24) is 15.1 Å². The highest BCUT2D eigenvalue weighted by Crippen LogP contribution is 2.23. The molecule has 1 aromatic heterocycles. The molecule has 6 heteroatoms. The molecule has 0 bridgehead atoms. The average molecular weight is 322 g/mol. The zero-order valence-electron chi connectivity index (χ0n) is 14.9. The van der Waals surface area contributed by atoms with Gasteiger partial charge >= 0.3 is 6.09 Å². The summed E-state index contributed by atoms with van der Waals surface area (Å²) in [6.45, 7) is 9.87. The molecule has 0 aromatic carbocycles. The molecule has 0 atom stereocenters. The van der Waals surface area contributed by atoms with Crippen LogP contribution in [-0.2, 0) is 4.74 Å². The molecule has 1 aromatic rings. The van der Waals surface area contributed by atoms with Gasteiger partial charge in [-0.25, -0.2) is 4.79 Å². The highest BCUT2D eigenvalue weighted by atomic mass is 16.6. The maximum absolute atomic E-state index is 11.8. The first-order valence-electron chi connectivity index (χ1n) is 8.53. The van der Waals surface area contributed by atoms with E-state index in [0.29, 0.717) is 12.1 Å². The second-order valence-corrected chi connectivity index (χ2v) is 7.64. The van der Waals surface area contributed by atoms with Gasteiger partial charge < -0.3 is 15.4 Å². The van der Waals surface area contributed by atoms with E-state index >= 15 is 0 Å². The number of hydrogen-bond acceptors (Lipinski definition) is 4. The van der Waals surface area contributed by atoms with Crippen LogP contribution in [0.15, 0.2) is 12.4 Å². The summed E-state index contributed by atoms with van der Waals surface area (Å²) in [5.74, 6) is 0. The number of nitrogens with one attached hydrogen (secondary N) is 2. The van der Waals surface area contributed by atoms with Gasteiger partial charge in [0.2, 0.25) is 0 Å². The number of anilines is 1. The monoisotopic (exact) mass is 322 g/mol. The fourth-order valence-electron chi connectivity index (χ4n) is 2.79. The van der Waals surface area contributed by atoms with Gasteiger partial charge in [-0.2, -0.15) is 5.10 Å². The van der Waals surface area contributed by atoms with E-state index in [1.54, 1.807) is 0 Å². The van der Waals surface area contributed by atoms with Crippen LogP contribution in [0.1, 0.15) is 66.3 Å². The Hall–Kier alpha value is -1.72. The quantitative estimate of drug-likeness (QED) is 0.886. The molecule has 0 spiro atoms. The Balaban J connectivity index is 1.74. The van der Waals surface area contributed by atoms with Crippen LogP contribution in [-0.4, -0.2) is 33.6 Å². The molecule has 1 aliphatic rings. The average Bonchev–Trinajstić information content (AvgIpc) is 2.87. The minimum absolute atomic E-state index is 0.210. The van der Waals surface area contributed by atoms with Crippen molar-refractivity contribution < 1.29 is 9.53 Å². The lowest BCUT2D eigenvalue weighted by atomic mass is 9.91. The van der Waals surface area contributed by atoms with Crippen molar-refractivity contribution >= 4 is 11.8 Å². The Kier molecular flexibility index (Phi) is 5.55. The first kappa shape index (κ1) is 17.6. The van der Waals surface area contributed by atoms with Gasteiger partial charge in [-0.05, 0) is 60.3 Å². The molecule has 1 saturated carbocycles. The van der Waals surface area contributed by atoms with Crippen molar-refractivity contribution in [3.63, 3.8) is 0 Å². The summed E-state index contributed by atoms with van der Waals surface area (Å²) in [7, 11) is 0. The van der Waals surface area contributed by atoms with Crippen LogP contribution < -0.4 is 10.6 Å². The summed E-state index contributed by atoms with van der Waals surface area (Å²) >= 11 is 0. The van der Waals surface area contributed by atoms with Crippen LogP contribution in [0.2, 0.25) is 0 Å². The van der Waals surface area contributed by atoms with E-state index in [0.717, 1.165) is 31.4 Å². The van der Waals surface area contributed by atoms with Crippen molar-refractivity contribution in [1.29, 1.82) is 0 Å². The molecule has 0 radical (unpaired) electrons. The second-order valence-electron chi connectivity index (χ2n) is 7.64. The number of alkyl carbamates (subject to hydrolysis) is 1. The predicted octanol–water partition coefficient (Wildman–Crippen LogP) is 3.71. The number of rotatable bonds is 4. The van der Waals surface area contributed by atoms with Gasteiger partial charge in [-0.3, -0.25) is 4.68 Å². The molecule has 0 unspecified atom stereocenters. The second kappa shape index (κ2) is 7.23. The fourth-order valence-corrected chi connectivity index (χ4v) is 2.79. The maximum Gasteiger partial charge on any atom is 0.407 e. The van der Waals surface area contributed by atoms with Crippen LogP contribution in [0.5, 0.6) is 0 Å². The highest BCUT2D eigenvalue weighted by Gasteiger charge is 2.24. The summed E-state index contributed by atoms with van der Waals surface area (Å²) in [5.41, 5.74) is 0.627. The minimum atomic E-state index is -0.445. The van der Waals surface area contributed by atoms with E-state index in [-0.39, 0.29) is 12.1 Å². The largest absolute Gasteiger partial charge is 0.444 e. The molecule has 1 fully saturated rings. The Labute approximate surface area is 139 Å². The van der Waals surface area contributed by atoms with Gasteiger partial charge in [-0.15, -0.1) is 0 Å². The van der Waals surface area contributed by atoms with Crippen LogP contribution in [0.3, 0.4) is 0 Å². The van der Waals surface area contributed by atoms with Crippen molar-refractivity contribution in [2.75, 3.05) is 5.32 Å². The third-order valence-corrected chi connectivity index (χ3v) is 3.95. The van der Waals surface area contributed by atoms with E-state index in [2.05, 4.69) is 35.8 Å². The Morgan fingerprint density at radius 3 is 2.39 bits per heavy atom. The lowest BCUT2D eigenvalue weighted by molar-refractivity contribution is 0.0492. The van der Waals surface area contributed by atoms with Crippen molar-refractivity contribution in [3.8, 4) is 0 Å². The summed E-state index contributed by atoms with van der Waals surface area (Å²) in [6, 6.07) is 1.03. The van der Waals surface area contributed by atoms with Crippen molar-refractivity contribution in [2.24, 2.45) is 0 Å². The van der Waals surface area contributed by atoms with Gasteiger partial charge in [0.15, 0.2) is 0 Å². The summed E-state index contributed by atoms with van der Waals surface area (Å²) in [6.07, 6.45) is 7.62.